The number of alkyl halides is 3. The van der Waals surface area contributed by atoms with Gasteiger partial charge in [0, 0.05) is 26.4 Å². The summed E-state index contributed by atoms with van der Waals surface area (Å²) in [5.41, 5.74) is 0.470. The van der Waals surface area contributed by atoms with Gasteiger partial charge in [-0.3, -0.25) is 4.79 Å². The largest absolute Gasteiger partial charge is 0.437 e. The van der Waals surface area contributed by atoms with Crippen LogP contribution in [0.25, 0.3) is 11.0 Å². The minimum atomic E-state index is -4.55. The second-order valence-corrected chi connectivity index (χ2v) is 6.79. The van der Waals surface area contributed by atoms with E-state index in [9.17, 15) is 26.7 Å². The van der Waals surface area contributed by atoms with E-state index in [1.165, 1.54) is 12.4 Å². The fourth-order valence-corrected chi connectivity index (χ4v) is 2.91. The van der Waals surface area contributed by atoms with E-state index in [0.717, 1.165) is 11.0 Å². The molecule has 0 unspecified atom stereocenters. The molecule has 0 radical (unpaired) electrons. The van der Waals surface area contributed by atoms with Gasteiger partial charge in [0.25, 0.3) is 0 Å². The fourth-order valence-electron chi connectivity index (χ4n) is 2.91. The Kier molecular flexibility index (Phi) is 7.29. The van der Waals surface area contributed by atoms with E-state index in [-0.39, 0.29) is 12.2 Å². The first kappa shape index (κ1) is 24.4. The summed E-state index contributed by atoms with van der Waals surface area (Å²) < 4.78 is 70.3. The molecule has 4 aromatic rings. The van der Waals surface area contributed by atoms with Crippen LogP contribution in [0.2, 0.25) is 0 Å². The highest BCUT2D eigenvalue weighted by Gasteiger charge is 2.31. The van der Waals surface area contributed by atoms with Gasteiger partial charge in [0.2, 0.25) is 12.3 Å². The lowest BCUT2D eigenvalue weighted by molar-refractivity contribution is -0.137. The van der Waals surface area contributed by atoms with Crippen molar-refractivity contribution in [2.24, 2.45) is 7.05 Å². The van der Waals surface area contributed by atoms with Gasteiger partial charge in [-0.1, -0.05) is 0 Å². The van der Waals surface area contributed by atoms with Crippen molar-refractivity contribution >= 4 is 28.8 Å². The SMILES string of the molecule is CNc1ccc(Oc2ncnc3ccn(C)c23)cc1F.O=CNc1cc(C(F)(F)F)ccc1F. The number of hydrogen-bond donors (Lipinski definition) is 2. The standard InChI is InChI=1S/C14H13FN4O.C8H5F4NO/c1-16-11-4-3-9(7-10(11)15)20-14-13-12(17-8-18-14)5-6-19(13)2;9-6-2-1-5(8(10,11)12)3-7(6)13-4-14/h3-8,16H,1-2H3;1-4H,(H,13,14). The van der Waals surface area contributed by atoms with Crippen LogP contribution in [-0.2, 0) is 18.0 Å². The predicted octanol–water partition coefficient (Wildman–Crippen LogP) is 5.35. The van der Waals surface area contributed by atoms with Crippen molar-refractivity contribution in [2.75, 3.05) is 17.7 Å². The van der Waals surface area contributed by atoms with Crippen molar-refractivity contribution in [1.82, 2.24) is 14.5 Å². The van der Waals surface area contributed by atoms with Crippen molar-refractivity contribution in [3.8, 4) is 11.6 Å². The van der Waals surface area contributed by atoms with Crippen molar-refractivity contribution in [2.45, 2.75) is 6.18 Å². The van der Waals surface area contributed by atoms with Gasteiger partial charge in [-0.25, -0.2) is 13.8 Å². The summed E-state index contributed by atoms with van der Waals surface area (Å²) in [5.74, 6) is -0.492. The third-order valence-electron chi connectivity index (χ3n) is 4.56. The highest BCUT2D eigenvalue weighted by Crippen LogP contribution is 2.32. The Morgan fingerprint density at radius 2 is 1.76 bits per heavy atom. The average molecular weight is 479 g/mol. The molecule has 0 aliphatic rings. The van der Waals surface area contributed by atoms with Gasteiger partial charge >= 0.3 is 6.18 Å². The molecule has 0 bridgehead atoms. The summed E-state index contributed by atoms with van der Waals surface area (Å²) in [4.78, 5) is 18.2. The third kappa shape index (κ3) is 5.57. The first-order chi connectivity index (χ1) is 16.1. The van der Waals surface area contributed by atoms with Crippen LogP contribution in [0.1, 0.15) is 5.56 Å². The molecule has 2 aromatic heterocycles. The molecule has 2 heterocycles. The van der Waals surface area contributed by atoms with Crippen LogP contribution < -0.4 is 15.4 Å². The van der Waals surface area contributed by atoms with Crippen LogP contribution in [-0.4, -0.2) is 28.0 Å². The first-order valence-corrected chi connectivity index (χ1v) is 9.62. The van der Waals surface area contributed by atoms with Crippen molar-refractivity contribution in [3.63, 3.8) is 0 Å². The number of hydrogen-bond acceptors (Lipinski definition) is 5. The van der Waals surface area contributed by atoms with Gasteiger partial charge in [0.15, 0.2) is 0 Å². The van der Waals surface area contributed by atoms with Gasteiger partial charge < -0.3 is 19.9 Å². The Bertz CT molecular complexity index is 1310. The number of carbonyl (C=O) groups excluding carboxylic acids is 1. The molecule has 0 aliphatic heterocycles. The number of ether oxygens (including phenoxy) is 1. The molecule has 7 nitrogen and oxygen atoms in total. The van der Waals surface area contributed by atoms with Gasteiger partial charge in [0.1, 0.15) is 29.2 Å². The predicted molar refractivity (Wildman–Crippen MR) is 116 cm³/mol. The zero-order chi connectivity index (χ0) is 24.9. The van der Waals surface area contributed by atoms with Gasteiger partial charge in [0.05, 0.1) is 22.5 Å². The zero-order valence-electron chi connectivity index (χ0n) is 17.8. The Morgan fingerprint density at radius 1 is 1.00 bits per heavy atom. The number of carbonyl (C=O) groups is 1. The lowest BCUT2D eigenvalue weighted by Gasteiger charge is -2.08. The maximum absolute atomic E-state index is 13.7. The van der Waals surface area contributed by atoms with Crippen LogP contribution in [0.3, 0.4) is 0 Å². The molecule has 0 saturated heterocycles. The third-order valence-corrected chi connectivity index (χ3v) is 4.56. The molecule has 2 N–H and O–H groups in total. The topological polar surface area (TPSA) is 81.1 Å². The number of rotatable bonds is 5. The number of aryl methyl sites for hydroxylation is 1. The van der Waals surface area contributed by atoms with Crippen LogP contribution in [0.4, 0.5) is 33.3 Å². The summed E-state index contributed by atoms with van der Waals surface area (Å²) in [6.07, 6.45) is -1.14. The summed E-state index contributed by atoms with van der Waals surface area (Å²) >= 11 is 0. The molecule has 0 spiro atoms. The van der Waals surface area contributed by atoms with E-state index in [1.807, 2.05) is 29.2 Å². The fraction of sp³-hybridized carbons (Fsp3) is 0.136. The lowest BCUT2D eigenvalue weighted by Crippen LogP contribution is -2.07. The Morgan fingerprint density at radius 3 is 2.41 bits per heavy atom. The molecule has 0 atom stereocenters. The van der Waals surface area contributed by atoms with E-state index in [0.29, 0.717) is 35.5 Å². The molecule has 0 fully saturated rings. The smallest absolute Gasteiger partial charge is 0.416 e. The van der Waals surface area contributed by atoms with E-state index in [4.69, 9.17) is 4.74 Å². The van der Waals surface area contributed by atoms with E-state index in [1.54, 1.807) is 19.2 Å². The highest BCUT2D eigenvalue weighted by molar-refractivity contribution is 5.80. The number of nitrogens with one attached hydrogen (secondary N) is 2. The van der Waals surface area contributed by atoms with Gasteiger partial charge in [-0.15, -0.1) is 0 Å². The Balaban J connectivity index is 0.000000204. The minimum Gasteiger partial charge on any atom is -0.437 e. The summed E-state index contributed by atoms with van der Waals surface area (Å²) in [6, 6.07) is 8.28. The summed E-state index contributed by atoms with van der Waals surface area (Å²) in [6.45, 7) is 0. The maximum Gasteiger partial charge on any atom is 0.416 e. The molecule has 178 valence electrons. The molecule has 0 saturated carbocycles. The summed E-state index contributed by atoms with van der Waals surface area (Å²) in [5, 5.41) is 4.59. The van der Waals surface area contributed by atoms with Crippen molar-refractivity contribution < 1.29 is 31.5 Å². The normalized spacial score (nSPS) is 10.9. The quantitative estimate of drug-likeness (QED) is 0.298. The van der Waals surface area contributed by atoms with Crippen LogP contribution in [0.15, 0.2) is 55.0 Å². The maximum atomic E-state index is 13.7. The number of anilines is 2. The number of fused-ring (bicyclic) bond motifs is 1. The van der Waals surface area contributed by atoms with Crippen molar-refractivity contribution in [1.29, 1.82) is 0 Å². The minimum absolute atomic E-state index is 0.110. The second kappa shape index (κ2) is 10.1. The molecule has 0 aliphatic carbocycles. The van der Waals surface area contributed by atoms with Crippen molar-refractivity contribution in [3.05, 3.63) is 72.2 Å². The van der Waals surface area contributed by atoms with Crippen LogP contribution in [0, 0.1) is 11.6 Å². The van der Waals surface area contributed by atoms with Gasteiger partial charge in [-0.05, 0) is 36.4 Å². The Labute approximate surface area is 190 Å². The number of amides is 1. The average Bonchev–Trinajstić information content (AvgIpc) is 3.17. The number of aromatic nitrogens is 3. The molecule has 2 aromatic carbocycles. The van der Waals surface area contributed by atoms with E-state index < -0.39 is 23.2 Å². The number of nitrogens with zero attached hydrogens (tertiary/aromatic N) is 3. The number of benzene rings is 2. The summed E-state index contributed by atoms with van der Waals surface area (Å²) in [7, 11) is 3.54. The Hall–Kier alpha value is -4.22. The molecular weight excluding hydrogens is 461 g/mol. The van der Waals surface area contributed by atoms with Crippen LogP contribution >= 0.6 is 0 Å². The molecule has 1 amide bonds. The monoisotopic (exact) mass is 479 g/mol. The first-order valence-electron chi connectivity index (χ1n) is 9.62. The van der Waals surface area contributed by atoms with Crippen LogP contribution in [0.5, 0.6) is 11.6 Å². The molecular formula is C22H18F5N5O2. The number of halogens is 5. The van der Waals surface area contributed by atoms with E-state index >= 15 is 0 Å². The van der Waals surface area contributed by atoms with E-state index in [2.05, 4.69) is 15.3 Å². The second-order valence-electron chi connectivity index (χ2n) is 6.79. The van der Waals surface area contributed by atoms with Gasteiger partial charge in [-0.2, -0.15) is 18.2 Å². The molecule has 4 rings (SSSR count). The highest BCUT2D eigenvalue weighted by atomic mass is 19.4. The molecule has 12 heteroatoms. The molecule has 34 heavy (non-hydrogen) atoms. The zero-order valence-corrected chi connectivity index (χ0v) is 17.8. The lowest BCUT2D eigenvalue weighted by atomic mass is 10.2.